The van der Waals surface area contributed by atoms with Gasteiger partial charge in [-0.25, -0.2) is 9.89 Å². The van der Waals surface area contributed by atoms with Gasteiger partial charge in [0.05, 0.1) is 5.56 Å². The highest BCUT2D eigenvalue weighted by molar-refractivity contribution is 6.31. The number of benzene rings is 2. The number of H-pyrrole nitrogens is 2. The Morgan fingerprint density at radius 1 is 0.800 bits per heavy atom. The summed E-state index contributed by atoms with van der Waals surface area (Å²) in [6.45, 7) is 0. The Balaban J connectivity index is 2.14. The van der Waals surface area contributed by atoms with Crippen molar-refractivity contribution >= 4 is 28.8 Å². The first-order chi connectivity index (χ1) is 12.0. The second-order valence-corrected chi connectivity index (χ2v) is 6.27. The van der Waals surface area contributed by atoms with Crippen LogP contribution in [0.1, 0.15) is 0 Å². The first kappa shape index (κ1) is 15.7. The molecule has 2 N–H and O–H groups in total. The molecule has 25 heavy (non-hydrogen) atoms. The Labute approximate surface area is 150 Å². The molecule has 0 saturated heterocycles. The lowest BCUT2D eigenvalue weighted by Crippen LogP contribution is -2.22. The Bertz CT molecular complexity index is 1190. The maximum Gasteiger partial charge on any atom is 0.362 e. The summed E-state index contributed by atoms with van der Waals surface area (Å²) >= 11 is 11.9. The molecule has 0 amide bonds. The molecule has 0 radical (unpaired) electrons. The third-order valence-electron chi connectivity index (χ3n) is 3.85. The van der Waals surface area contributed by atoms with Crippen molar-refractivity contribution in [3.05, 3.63) is 79.4 Å². The van der Waals surface area contributed by atoms with Crippen LogP contribution >= 0.6 is 23.2 Å². The number of aromatic amines is 2. The van der Waals surface area contributed by atoms with E-state index in [1.54, 1.807) is 48.5 Å². The summed E-state index contributed by atoms with van der Waals surface area (Å²) < 4.78 is 1.09. The van der Waals surface area contributed by atoms with Gasteiger partial charge in [0, 0.05) is 15.6 Å². The molecule has 2 heterocycles. The molecule has 0 aliphatic rings. The average molecular weight is 373 g/mol. The van der Waals surface area contributed by atoms with Gasteiger partial charge in [-0.05, 0) is 35.4 Å². The van der Waals surface area contributed by atoms with Crippen molar-refractivity contribution in [3.63, 3.8) is 0 Å². The molecule has 0 fully saturated rings. The first-order valence-electron chi connectivity index (χ1n) is 7.30. The second kappa shape index (κ2) is 5.91. The molecular formula is C17H10Cl2N4O2. The van der Waals surface area contributed by atoms with E-state index in [0.717, 1.165) is 4.52 Å². The van der Waals surface area contributed by atoms with E-state index in [9.17, 15) is 9.59 Å². The van der Waals surface area contributed by atoms with Crippen LogP contribution in [0.15, 0.2) is 58.1 Å². The molecule has 124 valence electrons. The highest BCUT2D eigenvalue weighted by Crippen LogP contribution is 2.32. The molecule has 2 aromatic carbocycles. The van der Waals surface area contributed by atoms with Crippen molar-refractivity contribution in [1.29, 1.82) is 0 Å². The molecular weight excluding hydrogens is 363 g/mol. The topological polar surface area (TPSA) is 83.0 Å². The third kappa shape index (κ3) is 2.65. The zero-order chi connectivity index (χ0) is 17.6. The minimum atomic E-state index is -0.523. The molecule has 0 aliphatic heterocycles. The molecule has 0 atom stereocenters. The summed E-state index contributed by atoms with van der Waals surface area (Å²) in [6, 6.07) is 13.9. The summed E-state index contributed by atoms with van der Waals surface area (Å²) in [5, 5.41) is 10.1. The lowest BCUT2D eigenvalue weighted by atomic mass is 9.97. The van der Waals surface area contributed by atoms with Gasteiger partial charge in [0.15, 0.2) is 5.65 Å². The van der Waals surface area contributed by atoms with Crippen molar-refractivity contribution in [3.8, 4) is 22.3 Å². The first-order valence-corrected chi connectivity index (χ1v) is 8.05. The zero-order valence-corrected chi connectivity index (χ0v) is 14.1. The Morgan fingerprint density at radius 3 is 1.88 bits per heavy atom. The summed E-state index contributed by atoms with van der Waals surface area (Å²) in [7, 11) is 0. The van der Waals surface area contributed by atoms with Crippen molar-refractivity contribution in [1.82, 2.24) is 19.8 Å². The normalized spacial score (nSPS) is 11.1. The second-order valence-electron chi connectivity index (χ2n) is 5.39. The summed E-state index contributed by atoms with van der Waals surface area (Å²) in [6.07, 6.45) is 0. The number of fused-ring (bicyclic) bond motifs is 1. The fourth-order valence-electron chi connectivity index (χ4n) is 2.73. The Kier molecular flexibility index (Phi) is 3.71. The zero-order valence-electron chi connectivity index (χ0n) is 12.6. The van der Waals surface area contributed by atoms with E-state index in [-0.39, 0.29) is 0 Å². The smallest absolute Gasteiger partial charge is 0.267 e. The number of halogens is 2. The largest absolute Gasteiger partial charge is 0.362 e. The van der Waals surface area contributed by atoms with E-state index in [4.69, 9.17) is 23.2 Å². The summed E-state index contributed by atoms with van der Waals surface area (Å²) in [4.78, 5) is 24.6. The van der Waals surface area contributed by atoms with Crippen LogP contribution in [-0.2, 0) is 0 Å². The minimum absolute atomic E-state index is 0.317. The van der Waals surface area contributed by atoms with Gasteiger partial charge in [-0.1, -0.05) is 47.5 Å². The standard InChI is InChI=1S/C17H10Cl2N4O2/c18-11-5-1-9(2-6-11)13-14(10-3-7-12(19)8-4-10)16(24)22-23-15(13)20-21-17(23)25/h1-8H,(H,21,25)(H,22,24). The van der Waals surface area contributed by atoms with E-state index in [1.807, 2.05) is 0 Å². The lowest BCUT2D eigenvalue weighted by molar-refractivity contribution is 0.859. The van der Waals surface area contributed by atoms with Crippen molar-refractivity contribution in [2.24, 2.45) is 0 Å². The van der Waals surface area contributed by atoms with Crippen molar-refractivity contribution < 1.29 is 0 Å². The maximum atomic E-state index is 12.7. The Hall–Kier alpha value is -2.83. The van der Waals surface area contributed by atoms with Gasteiger partial charge in [0.2, 0.25) is 0 Å². The van der Waals surface area contributed by atoms with Crippen LogP contribution in [0.25, 0.3) is 27.9 Å². The van der Waals surface area contributed by atoms with Crippen LogP contribution in [0, 0.1) is 0 Å². The van der Waals surface area contributed by atoms with Crippen molar-refractivity contribution in [2.75, 3.05) is 0 Å². The van der Waals surface area contributed by atoms with Gasteiger partial charge in [-0.3, -0.25) is 9.89 Å². The third-order valence-corrected chi connectivity index (χ3v) is 4.36. The molecule has 6 nitrogen and oxygen atoms in total. The summed E-state index contributed by atoms with van der Waals surface area (Å²) in [5.74, 6) is 0. The molecule has 4 aromatic rings. The van der Waals surface area contributed by atoms with E-state index >= 15 is 0 Å². The SMILES string of the molecule is O=c1[nH]n2c(=O)[nH]nc2c(-c2ccc(Cl)cc2)c1-c1ccc(Cl)cc1. The number of nitrogens with one attached hydrogen (secondary N) is 2. The van der Waals surface area contributed by atoms with Gasteiger partial charge in [-0.2, -0.15) is 9.61 Å². The van der Waals surface area contributed by atoms with Crippen LogP contribution in [-0.4, -0.2) is 19.8 Å². The monoisotopic (exact) mass is 372 g/mol. The quantitative estimate of drug-likeness (QED) is 0.565. The predicted molar refractivity (Wildman–Crippen MR) is 97.3 cm³/mol. The fraction of sp³-hybridized carbons (Fsp3) is 0. The molecule has 2 aromatic heterocycles. The molecule has 0 aliphatic carbocycles. The molecule has 0 saturated carbocycles. The van der Waals surface area contributed by atoms with Crippen LogP contribution in [0.5, 0.6) is 0 Å². The molecule has 4 rings (SSSR count). The molecule has 8 heteroatoms. The molecule has 0 spiro atoms. The van der Waals surface area contributed by atoms with Gasteiger partial charge < -0.3 is 0 Å². The number of hydrogen-bond acceptors (Lipinski definition) is 3. The number of nitrogens with zero attached hydrogens (tertiary/aromatic N) is 2. The summed E-state index contributed by atoms with van der Waals surface area (Å²) in [5.41, 5.74) is 1.68. The van der Waals surface area contributed by atoms with E-state index in [2.05, 4.69) is 15.3 Å². The predicted octanol–water partition coefficient (Wildman–Crippen LogP) is 3.35. The Morgan fingerprint density at radius 2 is 1.32 bits per heavy atom. The number of hydrogen-bond donors (Lipinski definition) is 2. The van der Waals surface area contributed by atoms with Crippen LogP contribution in [0.3, 0.4) is 0 Å². The van der Waals surface area contributed by atoms with Gasteiger partial charge in [-0.15, -0.1) is 0 Å². The lowest BCUT2D eigenvalue weighted by Gasteiger charge is -2.10. The fourth-order valence-corrected chi connectivity index (χ4v) is 2.99. The number of aromatic nitrogens is 4. The molecule has 0 bridgehead atoms. The maximum absolute atomic E-state index is 12.7. The van der Waals surface area contributed by atoms with Gasteiger partial charge >= 0.3 is 5.69 Å². The minimum Gasteiger partial charge on any atom is -0.267 e. The van der Waals surface area contributed by atoms with Gasteiger partial charge in [0.25, 0.3) is 5.56 Å². The average Bonchev–Trinajstić information content (AvgIpc) is 2.96. The van der Waals surface area contributed by atoms with Crippen molar-refractivity contribution in [2.45, 2.75) is 0 Å². The highest BCUT2D eigenvalue weighted by atomic mass is 35.5. The van der Waals surface area contributed by atoms with E-state index in [1.165, 1.54) is 0 Å². The van der Waals surface area contributed by atoms with Gasteiger partial charge in [0.1, 0.15) is 0 Å². The van der Waals surface area contributed by atoms with E-state index in [0.29, 0.717) is 37.9 Å². The van der Waals surface area contributed by atoms with Crippen LogP contribution in [0.4, 0.5) is 0 Å². The van der Waals surface area contributed by atoms with Crippen LogP contribution in [0.2, 0.25) is 10.0 Å². The highest BCUT2D eigenvalue weighted by Gasteiger charge is 2.19. The van der Waals surface area contributed by atoms with Crippen LogP contribution < -0.4 is 11.2 Å². The number of rotatable bonds is 2. The molecule has 0 unspecified atom stereocenters. The van der Waals surface area contributed by atoms with E-state index < -0.39 is 11.2 Å².